The van der Waals surface area contributed by atoms with Gasteiger partial charge in [0.15, 0.2) is 0 Å². The van der Waals surface area contributed by atoms with Crippen LogP contribution in [0.2, 0.25) is 0 Å². The zero-order valence-electron chi connectivity index (χ0n) is 12.0. The molecule has 0 aliphatic carbocycles. The van der Waals surface area contributed by atoms with Crippen LogP contribution in [-0.2, 0) is 4.79 Å². The summed E-state index contributed by atoms with van der Waals surface area (Å²) in [6.45, 7) is 1.97. The van der Waals surface area contributed by atoms with Crippen molar-refractivity contribution < 1.29 is 14.7 Å². The number of amides is 2. The zero-order valence-corrected chi connectivity index (χ0v) is 12.0. The maximum atomic E-state index is 11.9. The van der Waals surface area contributed by atoms with E-state index in [0.29, 0.717) is 6.42 Å². The summed E-state index contributed by atoms with van der Waals surface area (Å²) in [4.78, 5) is 22.9. The minimum atomic E-state index is -0.980. The summed E-state index contributed by atoms with van der Waals surface area (Å²) >= 11 is 0. The van der Waals surface area contributed by atoms with Gasteiger partial charge in [-0.05, 0) is 12.0 Å². The van der Waals surface area contributed by atoms with Crippen molar-refractivity contribution in [3.05, 3.63) is 35.9 Å². The number of aliphatic carboxylic acids is 1. The van der Waals surface area contributed by atoms with Gasteiger partial charge >= 0.3 is 12.0 Å². The largest absolute Gasteiger partial charge is 0.481 e. The summed E-state index contributed by atoms with van der Waals surface area (Å²) in [6, 6.07) is 7.58. The number of carboxylic acid groups (broad SMARTS) is 1. The van der Waals surface area contributed by atoms with Crippen molar-refractivity contribution in [2.45, 2.75) is 38.3 Å². The van der Waals surface area contributed by atoms with Crippen molar-refractivity contribution >= 4 is 12.0 Å². The third-order valence-electron chi connectivity index (χ3n) is 2.97. The molecule has 112 valence electrons. The Morgan fingerprint density at radius 3 is 2.48 bits per heavy atom. The van der Waals surface area contributed by atoms with Crippen LogP contribution in [0, 0.1) is 12.3 Å². The van der Waals surface area contributed by atoms with E-state index in [4.69, 9.17) is 11.5 Å². The van der Waals surface area contributed by atoms with Gasteiger partial charge in [-0.25, -0.2) is 4.79 Å². The quantitative estimate of drug-likeness (QED) is 0.674. The van der Waals surface area contributed by atoms with Crippen molar-refractivity contribution in [1.82, 2.24) is 10.6 Å². The molecule has 3 N–H and O–H groups in total. The highest BCUT2D eigenvalue weighted by molar-refractivity contribution is 5.76. The number of hydrogen-bond acceptors (Lipinski definition) is 2. The van der Waals surface area contributed by atoms with Gasteiger partial charge in [-0.15, -0.1) is 6.42 Å². The molecular weight excluding hydrogens is 268 g/mol. The van der Waals surface area contributed by atoms with E-state index in [1.807, 2.05) is 13.0 Å². The molecule has 2 unspecified atom stereocenters. The fraction of sp³-hybridized carbons (Fsp3) is 0.375. The van der Waals surface area contributed by atoms with E-state index < -0.39 is 18.0 Å². The minimum Gasteiger partial charge on any atom is -0.481 e. The number of urea groups is 1. The second kappa shape index (κ2) is 8.64. The molecule has 5 heteroatoms. The van der Waals surface area contributed by atoms with Crippen LogP contribution in [0.4, 0.5) is 4.79 Å². The van der Waals surface area contributed by atoms with Gasteiger partial charge < -0.3 is 15.7 Å². The molecule has 2 atom stereocenters. The fourth-order valence-corrected chi connectivity index (χ4v) is 1.96. The van der Waals surface area contributed by atoms with Crippen LogP contribution in [0.25, 0.3) is 0 Å². The highest BCUT2D eigenvalue weighted by atomic mass is 16.4. The Labute approximate surface area is 124 Å². The van der Waals surface area contributed by atoms with Gasteiger partial charge in [0.25, 0.3) is 0 Å². The number of carbonyl (C=O) groups is 2. The topological polar surface area (TPSA) is 78.4 Å². The van der Waals surface area contributed by atoms with Gasteiger partial charge in [0.05, 0.1) is 18.5 Å². The normalized spacial score (nSPS) is 12.8. The molecule has 0 aromatic heterocycles. The van der Waals surface area contributed by atoms with Crippen molar-refractivity contribution in [2.75, 3.05) is 0 Å². The van der Waals surface area contributed by atoms with E-state index in [1.165, 1.54) is 0 Å². The van der Waals surface area contributed by atoms with Crippen LogP contribution in [0.15, 0.2) is 30.3 Å². The molecule has 0 saturated carbocycles. The average molecular weight is 288 g/mol. The molecule has 0 bridgehead atoms. The first-order valence-electron chi connectivity index (χ1n) is 6.86. The van der Waals surface area contributed by atoms with Crippen LogP contribution in [0.3, 0.4) is 0 Å². The van der Waals surface area contributed by atoms with Crippen molar-refractivity contribution in [2.24, 2.45) is 0 Å². The van der Waals surface area contributed by atoms with Gasteiger partial charge in [-0.2, -0.15) is 0 Å². The second-order valence-corrected chi connectivity index (χ2v) is 4.69. The summed E-state index contributed by atoms with van der Waals surface area (Å²) in [7, 11) is 0. The molecule has 1 rings (SSSR count). The zero-order chi connectivity index (χ0) is 15.7. The monoisotopic (exact) mass is 288 g/mol. The van der Waals surface area contributed by atoms with Crippen LogP contribution in [0.5, 0.6) is 0 Å². The lowest BCUT2D eigenvalue weighted by Gasteiger charge is -2.19. The Balaban J connectivity index is 2.71. The summed E-state index contributed by atoms with van der Waals surface area (Å²) < 4.78 is 0. The number of carboxylic acids is 1. The molecule has 5 nitrogen and oxygen atoms in total. The predicted molar refractivity (Wildman–Crippen MR) is 80.6 cm³/mol. The van der Waals surface area contributed by atoms with Crippen molar-refractivity contribution in [3.8, 4) is 12.3 Å². The van der Waals surface area contributed by atoms with E-state index in [9.17, 15) is 9.59 Å². The number of hydrogen-bond donors (Lipinski definition) is 3. The van der Waals surface area contributed by atoms with Crippen LogP contribution >= 0.6 is 0 Å². The smallest absolute Gasteiger partial charge is 0.316 e. The van der Waals surface area contributed by atoms with Gasteiger partial charge in [0, 0.05) is 0 Å². The van der Waals surface area contributed by atoms with Crippen molar-refractivity contribution in [3.63, 3.8) is 0 Å². The van der Waals surface area contributed by atoms with Crippen LogP contribution in [0.1, 0.15) is 37.8 Å². The number of terminal acetylenes is 1. The number of benzene rings is 1. The molecule has 0 radical (unpaired) electrons. The third-order valence-corrected chi connectivity index (χ3v) is 2.97. The highest BCUT2D eigenvalue weighted by Crippen LogP contribution is 2.16. The summed E-state index contributed by atoms with van der Waals surface area (Å²) in [5.74, 6) is 1.52. The first-order chi connectivity index (χ1) is 10.1. The Morgan fingerprint density at radius 1 is 1.29 bits per heavy atom. The molecule has 0 aliphatic rings. The minimum absolute atomic E-state index is 0.189. The molecule has 0 heterocycles. The Morgan fingerprint density at radius 2 is 1.95 bits per heavy atom. The van der Waals surface area contributed by atoms with Crippen molar-refractivity contribution in [1.29, 1.82) is 0 Å². The molecular formula is C16H20N2O3. The average Bonchev–Trinajstić information content (AvgIpc) is 2.46. The molecule has 0 aliphatic heterocycles. The number of nitrogens with one attached hydrogen (secondary N) is 2. The second-order valence-electron chi connectivity index (χ2n) is 4.69. The maximum Gasteiger partial charge on any atom is 0.316 e. The van der Waals surface area contributed by atoms with E-state index in [0.717, 1.165) is 12.0 Å². The third kappa shape index (κ3) is 6.00. The van der Waals surface area contributed by atoms with E-state index in [-0.39, 0.29) is 12.5 Å². The number of carbonyl (C=O) groups excluding carboxylic acids is 1. The van der Waals surface area contributed by atoms with E-state index in [2.05, 4.69) is 16.6 Å². The molecule has 1 aromatic rings. The Bertz CT molecular complexity index is 508. The van der Waals surface area contributed by atoms with Crippen LogP contribution < -0.4 is 10.6 Å². The standard InChI is InChI=1S/C16H20N2O3/c1-3-8-13(4-2)17-16(21)18-14(11-15(19)20)12-9-6-5-7-10-12/h2,5-7,9-10,13-14H,3,8,11H2,1H3,(H,19,20)(H2,17,18,21). The SMILES string of the molecule is C#CC(CCC)NC(=O)NC(CC(=O)O)c1ccccc1. The van der Waals surface area contributed by atoms with Gasteiger partial charge in [-0.1, -0.05) is 49.6 Å². The van der Waals surface area contributed by atoms with Gasteiger partial charge in [-0.3, -0.25) is 4.79 Å². The number of rotatable bonds is 7. The first kappa shape index (κ1) is 16.6. The molecule has 0 fully saturated rings. The molecule has 1 aromatic carbocycles. The first-order valence-corrected chi connectivity index (χ1v) is 6.86. The Hall–Kier alpha value is -2.48. The van der Waals surface area contributed by atoms with E-state index >= 15 is 0 Å². The Kier molecular flexibility index (Phi) is 6.82. The molecule has 0 spiro atoms. The lowest BCUT2D eigenvalue weighted by atomic mass is 10.0. The molecule has 0 saturated heterocycles. The van der Waals surface area contributed by atoms with Gasteiger partial charge in [0.2, 0.25) is 0 Å². The van der Waals surface area contributed by atoms with E-state index in [1.54, 1.807) is 24.3 Å². The highest BCUT2D eigenvalue weighted by Gasteiger charge is 2.18. The summed E-state index contributed by atoms with van der Waals surface area (Å²) in [5.41, 5.74) is 0.739. The molecule has 21 heavy (non-hydrogen) atoms. The predicted octanol–water partition coefficient (Wildman–Crippen LogP) is 2.30. The molecule has 2 amide bonds. The summed E-state index contributed by atoms with van der Waals surface area (Å²) in [5, 5.41) is 14.3. The lowest BCUT2D eigenvalue weighted by Crippen LogP contribution is -2.43. The fourth-order valence-electron chi connectivity index (χ4n) is 1.96. The lowest BCUT2D eigenvalue weighted by molar-refractivity contribution is -0.137. The summed E-state index contributed by atoms with van der Waals surface area (Å²) in [6.07, 6.45) is 6.69. The van der Waals surface area contributed by atoms with Gasteiger partial charge in [0.1, 0.15) is 0 Å². The van der Waals surface area contributed by atoms with Crippen LogP contribution in [-0.4, -0.2) is 23.1 Å². The maximum absolute atomic E-state index is 11.9.